The molecule has 2 aromatic carbocycles. The summed E-state index contributed by atoms with van der Waals surface area (Å²) in [5.74, 6) is 0. The summed E-state index contributed by atoms with van der Waals surface area (Å²) in [4.78, 5) is 21.3. The van der Waals surface area contributed by atoms with Crippen LogP contribution in [0.25, 0.3) is 11.1 Å². The number of carbonyl (C=O) groups excluding carboxylic acids is 1. The van der Waals surface area contributed by atoms with Crippen LogP contribution in [0.1, 0.15) is 12.0 Å². The topological polar surface area (TPSA) is 41.4 Å². The fraction of sp³-hybridized carbons (Fsp3) is 0.273. The average molecular weight is 437 g/mol. The van der Waals surface area contributed by atoms with Gasteiger partial charge in [0.2, 0.25) is 0 Å². The van der Waals surface area contributed by atoms with E-state index in [-0.39, 0.29) is 12.1 Å². The van der Waals surface area contributed by atoms with Gasteiger partial charge in [-0.05, 0) is 45.1 Å². The summed E-state index contributed by atoms with van der Waals surface area (Å²) in [6.45, 7) is 2.65. The van der Waals surface area contributed by atoms with E-state index in [1.54, 1.807) is 17.1 Å². The lowest BCUT2D eigenvalue weighted by molar-refractivity contribution is 0.133. The number of benzene rings is 2. The Labute approximate surface area is 172 Å². The van der Waals surface area contributed by atoms with Crippen LogP contribution < -0.4 is 0 Å². The summed E-state index contributed by atoms with van der Waals surface area (Å²) >= 11 is 3.31. The van der Waals surface area contributed by atoms with Crippen molar-refractivity contribution < 1.29 is 4.79 Å². The van der Waals surface area contributed by atoms with E-state index in [2.05, 4.69) is 74.3 Å². The van der Waals surface area contributed by atoms with Crippen molar-refractivity contribution in [1.29, 1.82) is 0 Å². The number of halogens is 1. The minimum Gasteiger partial charge on any atom is -0.318 e. The van der Waals surface area contributed by atoms with E-state index in [1.807, 2.05) is 11.0 Å². The maximum atomic E-state index is 12.7. The second-order valence-corrected chi connectivity index (χ2v) is 8.39. The zero-order valence-electron chi connectivity index (χ0n) is 15.4. The summed E-state index contributed by atoms with van der Waals surface area (Å²) in [6, 6.07) is 20.0. The number of nitrogens with zero attached hydrogens (tertiary/aromatic N) is 4. The van der Waals surface area contributed by atoms with Crippen LogP contribution in [-0.2, 0) is 6.54 Å². The Balaban J connectivity index is 1.27. The molecule has 2 aliphatic heterocycles. The highest BCUT2D eigenvalue weighted by molar-refractivity contribution is 9.10. The van der Waals surface area contributed by atoms with Gasteiger partial charge in [0.1, 0.15) is 10.9 Å². The molecule has 2 atom stereocenters. The first-order valence-electron chi connectivity index (χ1n) is 9.56. The average Bonchev–Trinajstić information content (AvgIpc) is 3.44. The minimum atomic E-state index is 0.0245. The third-order valence-electron chi connectivity index (χ3n) is 5.79. The van der Waals surface area contributed by atoms with E-state index in [0.717, 1.165) is 26.1 Å². The summed E-state index contributed by atoms with van der Waals surface area (Å²) < 4.78 is 2.25. The van der Waals surface area contributed by atoms with Crippen LogP contribution in [0.3, 0.4) is 0 Å². The molecule has 1 amide bonds. The van der Waals surface area contributed by atoms with Gasteiger partial charge in [0.25, 0.3) is 0 Å². The maximum Gasteiger partial charge on any atom is 0.329 e. The van der Waals surface area contributed by atoms with E-state index in [1.165, 1.54) is 16.7 Å². The molecule has 142 valence electrons. The molecule has 0 spiro atoms. The lowest BCUT2D eigenvalue weighted by Crippen LogP contribution is -2.49. The van der Waals surface area contributed by atoms with Gasteiger partial charge < -0.3 is 4.90 Å². The minimum absolute atomic E-state index is 0.0245. The smallest absolute Gasteiger partial charge is 0.318 e. The zero-order chi connectivity index (χ0) is 19.1. The zero-order valence-corrected chi connectivity index (χ0v) is 17.0. The SMILES string of the molecule is O=C(N1C[C@@H]2C[C@H]1CN2Cc1cccc(-c2ccccc2)c1)n1cnc(Br)c1. The fourth-order valence-electron chi connectivity index (χ4n) is 4.44. The highest BCUT2D eigenvalue weighted by Gasteiger charge is 2.45. The summed E-state index contributed by atoms with van der Waals surface area (Å²) in [5.41, 5.74) is 3.82. The molecule has 0 N–H and O–H groups in total. The number of rotatable bonds is 3. The van der Waals surface area contributed by atoms with Crippen LogP contribution in [0, 0.1) is 0 Å². The Morgan fingerprint density at radius 3 is 2.57 bits per heavy atom. The first-order valence-corrected chi connectivity index (χ1v) is 10.4. The van der Waals surface area contributed by atoms with Gasteiger partial charge in [-0.1, -0.05) is 48.5 Å². The van der Waals surface area contributed by atoms with Crippen molar-refractivity contribution >= 4 is 22.0 Å². The number of hydrogen-bond acceptors (Lipinski definition) is 3. The van der Waals surface area contributed by atoms with Crippen molar-refractivity contribution in [2.45, 2.75) is 25.0 Å². The Hall–Kier alpha value is -2.44. The number of carbonyl (C=O) groups is 1. The van der Waals surface area contributed by atoms with Crippen molar-refractivity contribution in [3.63, 3.8) is 0 Å². The van der Waals surface area contributed by atoms with Crippen molar-refractivity contribution in [3.8, 4) is 11.1 Å². The van der Waals surface area contributed by atoms with E-state index in [4.69, 9.17) is 0 Å². The molecule has 2 fully saturated rings. The van der Waals surface area contributed by atoms with Crippen molar-refractivity contribution in [2.24, 2.45) is 0 Å². The predicted octanol–water partition coefficient (Wildman–Crippen LogP) is 4.24. The Kier molecular flexibility index (Phi) is 4.53. The quantitative estimate of drug-likeness (QED) is 0.616. The van der Waals surface area contributed by atoms with Crippen LogP contribution in [0.2, 0.25) is 0 Å². The molecular weight excluding hydrogens is 416 g/mol. The van der Waals surface area contributed by atoms with Gasteiger partial charge in [0.15, 0.2) is 0 Å². The molecule has 2 aliphatic rings. The first-order chi connectivity index (χ1) is 13.7. The normalized spacial score (nSPS) is 21.4. The van der Waals surface area contributed by atoms with Gasteiger partial charge in [-0.25, -0.2) is 9.78 Å². The molecule has 0 saturated carbocycles. The van der Waals surface area contributed by atoms with Crippen LogP contribution in [-0.4, -0.2) is 50.6 Å². The van der Waals surface area contributed by atoms with Gasteiger partial charge >= 0.3 is 6.03 Å². The number of likely N-dealkylation sites (tertiary alicyclic amines) is 2. The standard InChI is InChI=1S/C22H21BrN4O/c23-21-14-26(15-24-21)22(28)27-13-19-10-20(27)12-25(19)11-16-5-4-8-18(9-16)17-6-2-1-3-7-17/h1-9,14-15,19-20H,10-13H2/t19-,20-/m0/s1. The number of fused-ring (bicyclic) bond motifs is 2. The maximum absolute atomic E-state index is 12.7. The monoisotopic (exact) mass is 436 g/mol. The lowest BCUT2D eigenvalue weighted by atomic mass is 10.0. The van der Waals surface area contributed by atoms with Gasteiger partial charge in [0, 0.05) is 37.9 Å². The molecule has 6 heteroatoms. The Bertz CT molecular complexity index is 1000. The van der Waals surface area contributed by atoms with Crippen LogP contribution in [0.5, 0.6) is 0 Å². The van der Waals surface area contributed by atoms with E-state index >= 15 is 0 Å². The molecule has 2 saturated heterocycles. The Morgan fingerprint density at radius 2 is 1.86 bits per heavy atom. The van der Waals surface area contributed by atoms with E-state index < -0.39 is 0 Å². The van der Waals surface area contributed by atoms with Gasteiger partial charge in [-0.3, -0.25) is 9.47 Å². The highest BCUT2D eigenvalue weighted by Crippen LogP contribution is 2.33. The third-order valence-corrected chi connectivity index (χ3v) is 6.20. The second-order valence-electron chi connectivity index (χ2n) is 7.58. The summed E-state index contributed by atoms with van der Waals surface area (Å²) in [5, 5.41) is 0. The molecule has 5 rings (SSSR count). The van der Waals surface area contributed by atoms with Gasteiger partial charge in [-0.2, -0.15) is 0 Å². The number of amides is 1. The first kappa shape index (κ1) is 17.6. The molecule has 28 heavy (non-hydrogen) atoms. The highest BCUT2D eigenvalue weighted by atomic mass is 79.9. The number of piperazine rings is 1. The van der Waals surface area contributed by atoms with Crippen molar-refractivity contribution in [3.05, 3.63) is 77.3 Å². The number of aromatic nitrogens is 2. The largest absolute Gasteiger partial charge is 0.329 e. The number of hydrogen-bond donors (Lipinski definition) is 0. The van der Waals surface area contributed by atoms with Crippen LogP contribution >= 0.6 is 15.9 Å². The molecule has 0 aliphatic carbocycles. The van der Waals surface area contributed by atoms with Crippen molar-refractivity contribution in [2.75, 3.05) is 13.1 Å². The van der Waals surface area contributed by atoms with Crippen LogP contribution in [0.4, 0.5) is 4.79 Å². The van der Waals surface area contributed by atoms with Gasteiger partial charge in [-0.15, -0.1) is 0 Å². The third kappa shape index (κ3) is 3.27. The number of imidazole rings is 1. The molecule has 2 bridgehead atoms. The second kappa shape index (κ2) is 7.18. The molecular formula is C22H21BrN4O. The van der Waals surface area contributed by atoms with E-state index in [0.29, 0.717) is 10.6 Å². The molecule has 1 aromatic heterocycles. The molecule has 0 unspecified atom stereocenters. The van der Waals surface area contributed by atoms with Crippen LogP contribution in [0.15, 0.2) is 71.7 Å². The Morgan fingerprint density at radius 1 is 1.04 bits per heavy atom. The summed E-state index contributed by atoms with van der Waals surface area (Å²) in [6.07, 6.45) is 4.35. The lowest BCUT2D eigenvalue weighted by Gasteiger charge is -2.34. The fourth-order valence-corrected chi connectivity index (χ4v) is 4.76. The molecule has 3 aromatic rings. The molecule has 0 radical (unpaired) electrons. The van der Waals surface area contributed by atoms with E-state index in [9.17, 15) is 4.79 Å². The predicted molar refractivity (Wildman–Crippen MR) is 112 cm³/mol. The molecule has 5 nitrogen and oxygen atoms in total. The molecule has 3 heterocycles. The van der Waals surface area contributed by atoms with Crippen molar-refractivity contribution in [1.82, 2.24) is 19.4 Å². The summed E-state index contributed by atoms with van der Waals surface area (Å²) in [7, 11) is 0. The van der Waals surface area contributed by atoms with Gasteiger partial charge in [0.05, 0.1) is 0 Å².